The Labute approximate surface area is 236 Å². The molecule has 0 spiro atoms. The Morgan fingerprint density at radius 2 is 1.31 bits per heavy atom. The normalized spacial score (nSPS) is 25.2. The van der Waals surface area contributed by atoms with Gasteiger partial charge in [-0.15, -0.1) is 0 Å². The standard InChI is InChI=1S/C30H24O12/c31-13-7-19(36)24-22(8-13)41-30(12-2-4-16(33)18(35)6-12)29(39)26(24)25-23(42-30)10-21-14(27(25)38)9-20(37)28(40-21)11-1-3-15(32)17(34)5-11/h1-8,10,20,26,28-29,31-39H,9H2/t20-,26+,28+,29+,30-/m0/s1. The average molecular weight is 577 g/mol. The summed E-state index contributed by atoms with van der Waals surface area (Å²) in [6, 6.07) is 11.3. The van der Waals surface area contributed by atoms with Gasteiger partial charge < -0.3 is 60.2 Å². The van der Waals surface area contributed by atoms with Crippen molar-refractivity contribution in [2.75, 3.05) is 0 Å². The van der Waals surface area contributed by atoms with Crippen molar-refractivity contribution in [3.8, 4) is 57.5 Å². The van der Waals surface area contributed by atoms with Gasteiger partial charge in [0.25, 0.3) is 0 Å². The molecule has 7 rings (SSSR count). The summed E-state index contributed by atoms with van der Waals surface area (Å²) in [5.74, 6) is -6.12. The number of hydrogen-bond donors (Lipinski definition) is 9. The molecule has 0 saturated carbocycles. The number of ether oxygens (including phenoxy) is 3. The second-order valence-corrected chi connectivity index (χ2v) is 10.5. The third-order valence-electron chi connectivity index (χ3n) is 8.04. The van der Waals surface area contributed by atoms with E-state index in [1.54, 1.807) is 0 Å². The summed E-state index contributed by atoms with van der Waals surface area (Å²) in [6.45, 7) is 0. The summed E-state index contributed by atoms with van der Waals surface area (Å²) < 4.78 is 18.4. The minimum atomic E-state index is -2.09. The quantitative estimate of drug-likeness (QED) is 0.158. The molecule has 4 aromatic rings. The highest BCUT2D eigenvalue weighted by molar-refractivity contribution is 5.67. The number of fused-ring (bicyclic) bond motifs is 7. The number of phenolic OH excluding ortho intramolecular Hbond substituents is 7. The molecule has 12 heteroatoms. The van der Waals surface area contributed by atoms with Gasteiger partial charge in [-0.25, -0.2) is 0 Å². The summed E-state index contributed by atoms with van der Waals surface area (Å²) in [7, 11) is 0. The van der Waals surface area contributed by atoms with Crippen LogP contribution in [-0.2, 0) is 12.2 Å². The maximum atomic E-state index is 11.8. The van der Waals surface area contributed by atoms with Gasteiger partial charge in [0.1, 0.15) is 46.7 Å². The molecule has 5 atom stereocenters. The topological polar surface area (TPSA) is 210 Å². The lowest BCUT2D eigenvalue weighted by atomic mass is 9.74. The molecule has 0 aliphatic carbocycles. The van der Waals surface area contributed by atoms with E-state index in [0.717, 1.165) is 12.1 Å². The predicted molar refractivity (Wildman–Crippen MR) is 141 cm³/mol. The van der Waals surface area contributed by atoms with E-state index in [2.05, 4.69) is 0 Å². The van der Waals surface area contributed by atoms with Crippen molar-refractivity contribution in [1.82, 2.24) is 0 Å². The molecule has 0 fully saturated rings. The fraction of sp³-hybridized carbons (Fsp3) is 0.200. The molecule has 4 aromatic carbocycles. The zero-order chi connectivity index (χ0) is 29.7. The SMILES string of the molecule is Oc1cc(O)c2c(c1)O[C@@]1(c3ccc(O)c(O)c3)Oc3cc4c(c(O)c3[C@@H]2[C@H]1O)C[C@H](O)[C@@H](c1ccc(O)c(O)c1)O4. The van der Waals surface area contributed by atoms with E-state index in [1.165, 1.54) is 42.5 Å². The van der Waals surface area contributed by atoms with Crippen molar-refractivity contribution < 1.29 is 60.2 Å². The number of aliphatic hydroxyl groups excluding tert-OH is 2. The van der Waals surface area contributed by atoms with Crippen LogP contribution in [0.5, 0.6) is 57.5 Å². The molecule has 0 saturated heterocycles. The van der Waals surface area contributed by atoms with Gasteiger partial charge in [-0.2, -0.15) is 0 Å². The molecule has 3 aliphatic rings. The van der Waals surface area contributed by atoms with Crippen molar-refractivity contribution in [2.45, 2.75) is 36.4 Å². The third kappa shape index (κ3) is 3.49. The van der Waals surface area contributed by atoms with Crippen LogP contribution in [0.3, 0.4) is 0 Å². The summed E-state index contributed by atoms with van der Waals surface area (Å²) in [6.07, 6.45) is -3.93. The molecule has 0 radical (unpaired) electrons. The lowest BCUT2D eigenvalue weighted by molar-refractivity contribution is -0.218. The largest absolute Gasteiger partial charge is 0.508 e. The molecular weight excluding hydrogens is 552 g/mol. The molecular formula is C30H24O12. The van der Waals surface area contributed by atoms with Crippen LogP contribution in [0.1, 0.15) is 39.8 Å². The first-order chi connectivity index (χ1) is 20.0. The zero-order valence-corrected chi connectivity index (χ0v) is 21.5. The van der Waals surface area contributed by atoms with Gasteiger partial charge in [0, 0.05) is 46.9 Å². The summed E-state index contributed by atoms with van der Waals surface area (Å²) in [5, 5.41) is 95.1. The molecule has 0 aromatic heterocycles. The van der Waals surface area contributed by atoms with E-state index in [1.807, 2.05) is 0 Å². The Hall–Kier alpha value is -5.20. The van der Waals surface area contributed by atoms with Crippen LogP contribution in [0.15, 0.2) is 54.6 Å². The van der Waals surface area contributed by atoms with Gasteiger partial charge in [-0.1, -0.05) is 6.07 Å². The van der Waals surface area contributed by atoms with Crippen LogP contribution < -0.4 is 14.2 Å². The van der Waals surface area contributed by atoms with Crippen molar-refractivity contribution in [3.05, 3.63) is 82.4 Å². The van der Waals surface area contributed by atoms with Crippen molar-refractivity contribution in [2.24, 2.45) is 0 Å². The summed E-state index contributed by atoms with van der Waals surface area (Å²) in [5.41, 5.74) is 0.722. The minimum Gasteiger partial charge on any atom is -0.508 e. The molecule has 2 bridgehead atoms. The molecule has 42 heavy (non-hydrogen) atoms. The van der Waals surface area contributed by atoms with Gasteiger partial charge in [0.05, 0.1) is 12.0 Å². The zero-order valence-electron chi connectivity index (χ0n) is 21.5. The van der Waals surface area contributed by atoms with E-state index in [0.29, 0.717) is 5.56 Å². The van der Waals surface area contributed by atoms with Crippen LogP contribution in [0, 0.1) is 0 Å². The van der Waals surface area contributed by atoms with Crippen LogP contribution in [0.4, 0.5) is 0 Å². The first kappa shape index (κ1) is 25.7. The van der Waals surface area contributed by atoms with Gasteiger partial charge in [0.2, 0.25) is 0 Å². The predicted octanol–water partition coefficient (Wildman–Crippen LogP) is 2.79. The highest BCUT2D eigenvalue weighted by atomic mass is 16.7. The second-order valence-electron chi connectivity index (χ2n) is 10.5. The maximum Gasteiger partial charge on any atom is 0.305 e. The number of phenols is 7. The van der Waals surface area contributed by atoms with Crippen LogP contribution in [0.2, 0.25) is 0 Å². The van der Waals surface area contributed by atoms with Gasteiger partial charge in [-0.05, 0) is 35.9 Å². The fourth-order valence-corrected chi connectivity index (χ4v) is 6.08. The van der Waals surface area contributed by atoms with E-state index in [-0.39, 0.29) is 63.2 Å². The molecule has 9 N–H and O–H groups in total. The summed E-state index contributed by atoms with van der Waals surface area (Å²) >= 11 is 0. The molecule has 3 heterocycles. The highest BCUT2D eigenvalue weighted by Gasteiger charge is 2.59. The first-order valence-corrected chi connectivity index (χ1v) is 12.9. The van der Waals surface area contributed by atoms with Gasteiger partial charge in [0.15, 0.2) is 23.0 Å². The Morgan fingerprint density at radius 3 is 2.00 bits per heavy atom. The van der Waals surface area contributed by atoms with Crippen LogP contribution >= 0.6 is 0 Å². The highest BCUT2D eigenvalue weighted by Crippen LogP contribution is 2.61. The third-order valence-corrected chi connectivity index (χ3v) is 8.04. The minimum absolute atomic E-state index is 0.0177. The Morgan fingerprint density at radius 1 is 0.643 bits per heavy atom. The molecule has 216 valence electrons. The Kier molecular flexibility index (Phi) is 5.30. The molecule has 12 nitrogen and oxygen atoms in total. The van der Waals surface area contributed by atoms with Crippen molar-refractivity contribution in [1.29, 1.82) is 0 Å². The Bertz CT molecular complexity index is 1790. The molecule has 3 aliphatic heterocycles. The van der Waals surface area contributed by atoms with Crippen molar-refractivity contribution in [3.63, 3.8) is 0 Å². The smallest absolute Gasteiger partial charge is 0.305 e. The Balaban J connectivity index is 1.43. The monoisotopic (exact) mass is 576 g/mol. The fourth-order valence-electron chi connectivity index (χ4n) is 6.08. The number of aliphatic hydroxyl groups is 2. The van der Waals surface area contributed by atoms with Gasteiger partial charge in [-0.3, -0.25) is 0 Å². The van der Waals surface area contributed by atoms with E-state index in [4.69, 9.17) is 14.2 Å². The van der Waals surface area contributed by atoms with Crippen LogP contribution in [-0.4, -0.2) is 58.2 Å². The van der Waals surface area contributed by atoms with Crippen molar-refractivity contribution >= 4 is 0 Å². The lowest BCUT2D eigenvalue weighted by Gasteiger charge is -2.50. The van der Waals surface area contributed by atoms with Gasteiger partial charge >= 0.3 is 5.79 Å². The van der Waals surface area contributed by atoms with E-state index >= 15 is 0 Å². The second kappa shape index (κ2) is 8.65. The average Bonchev–Trinajstić information content (AvgIpc) is 2.92. The molecule has 0 amide bonds. The molecule has 0 unspecified atom stereocenters. The van der Waals surface area contributed by atoms with Crippen LogP contribution in [0.25, 0.3) is 0 Å². The van der Waals surface area contributed by atoms with E-state index < -0.39 is 53.0 Å². The van der Waals surface area contributed by atoms with E-state index in [9.17, 15) is 46.0 Å². The number of benzene rings is 4. The number of hydrogen-bond acceptors (Lipinski definition) is 12. The number of rotatable bonds is 2. The lowest BCUT2D eigenvalue weighted by Crippen LogP contribution is -2.57. The summed E-state index contributed by atoms with van der Waals surface area (Å²) in [4.78, 5) is 0. The number of aromatic hydroxyl groups is 7. The first-order valence-electron chi connectivity index (χ1n) is 12.9. The maximum absolute atomic E-state index is 11.8.